The lowest BCUT2D eigenvalue weighted by Gasteiger charge is -2.38. The lowest BCUT2D eigenvalue weighted by Crippen LogP contribution is -2.47. The van der Waals surface area contributed by atoms with Crippen molar-refractivity contribution in [3.63, 3.8) is 0 Å². The SMILES string of the molecule is CCCCCCC(=O)Nc1ccc(N2CCN(c3ccccc3OC)CC2)c(C(=O)NCCN(CC)CC)c1. The van der Waals surface area contributed by atoms with Crippen LogP contribution in [0.4, 0.5) is 17.1 Å². The van der Waals surface area contributed by atoms with E-state index >= 15 is 0 Å². The number of likely N-dealkylation sites (N-methyl/N-ethyl adjacent to an activating group) is 1. The summed E-state index contributed by atoms with van der Waals surface area (Å²) in [5.74, 6) is 0.759. The summed E-state index contributed by atoms with van der Waals surface area (Å²) in [6.07, 6.45) is 4.72. The molecule has 3 rings (SSSR count). The molecule has 1 saturated heterocycles. The molecular formula is C31H47N5O3. The molecule has 0 bridgehead atoms. The normalized spacial score (nSPS) is 13.5. The van der Waals surface area contributed by atoms with Gasteiger partial charge in [0.2, 0.25) is 5.91 Å². The molecule has 39 heavy (non-hydrogen) atoms. The van der Waals surface area contributed by atoms with Crippen LogP contribution in [-0.2, 0) is 4.79 Å². The first kappa shape index (κ1) is 30.3. The number of piperazine rings is 1. The van der Waals surface area contributed by atoms with Gasteiger partial charge in [-0.25, -0.2) is 0 Å². The second-order valence-corrected chi connectivity index (χ2v) is 10.0. The first-order chi connectivity index (χ1) is 19.0. The molecule has 214 valence electrons. The van der Waals surface area contributed by atoms with Crippen molar-refractivity contribution in [2.45, 2.75) is 52.9 Å². The maximum atomic E-state index is 13.4. The highest BCUT2D eigenvalue weighted by Gasteiger charge is 2.24. The summed E-state index contributed by atoms with van der Waals surface area (Å²) in [6, 6.07) is 13.8. The van der Waals surface area contributed by atoms with Crippen LogP contribution in [-0.4, -0.2) is 76.2 Å². The van der Waals surface area contributed by atoms with Crippen LogP contribution < -0.4 is 25.2 Å². The number of unbranched alkanes of at least 4 members (excludes halogenated alkanes) is 3. The fraction of sp³-hybridized carbons (Fsp3) is 0.548. The number of hydrogen-bond acceptors (Lipinski definition) is 6. The number of ether oxygens (including phenoxy) is 1. The quantitative estimate of drug-likeness (QED) is 0.311. The van der Waals surface area contributed by atoms with Gasteiger partial charge in [-0.15, -0.1) is 0 Å². The molecule has 2 amide bonds. The number of nitrogens with zero attached hydrogens (tertiary/aromatic N) is 3. The molecular weight excluding hydrogens is 490 g/mol. The molecule has 2 N–H and O–H groups in total. The van der Waals surface area contributed by atoms with Crippen LogP contribution in [0.2, 0.25) is 0 Å². The van der Waals surface area contributed by atoms with E-state index in [1.165, 1.54) is 0 Å². The van der Waals surface area contributed by atoms with Gasteiger partial charge in [0, 0.05) is 57.1 Å². The van der Waals surface area contributed by atoms with E-state index in [-0.39, 0.29) is 11.8 Å². The first-order valence-corrected chi connectivity index (χ1v) is 14.6. The summed E-state index contributed by atoms with van der Waals surface area (Å²) in [5, 5.41) is 6.12. The molecule has 2 aromatic carbocycles. The van der Waals surface area contributed by atoms with Crippen molar-refractivity contribution in [2.24, 2.45) is 0 Å². The Balaban J connectivity index is 1.73. The van der Waals surface area contributed by atoms with Crippen molar-refractivity contribution in [1.29, 1.82) is 0 Å². The van der Waals surface area contributed by atoms with Gasteiger partial charge < -0.3 is 30.1 Å². The van der Waals surface area contributed by atoms with E-state index in [4.69, 9.17) is 4.74 Å². The predicted molar refractivity (Wildman–Crippen MR) is 161 cm³/mol. The van der Waals surface area contributed by atoms with Crippen molar-refractivity contribution < 1.29 is 14.3 Å². The largest absolute Gasteiger partial charge is 0.495 e. The number of amides is 2. The Hall–Kier alpha value is -3.26. The molecule has 0 aromatic heterocycles. The molecule has 0 aliphatic carbocycles. The standard InChI is InChI=1S/C31H47N5O3/c1-5-8-9-10-15-30(37)33-25-16-17-27(26(24-25)31(38)32-18-19-34(6-2)7-3)35-20-22-36(23-21-35)28-13-11-12-14-29(28)39-4/h11-14,16-17,24H,5-10,15,18-23H2,1-4H3,(H,32,38)(H,33,37). The van der Waals surface area contributed by atoms with Crippen LogP contribution in [0.3, 0.4) is 0 Å². The third kappa shape index (κ3) is 8.88. The van der Waals surface area contributed by atoms with Crippen molar-refractivity contribution in [2.75, 3.05) is 74.6 Å². The van der Waals surface area contributed by atoms with Gasteiger partial charge >= 0.3 is 0 Å². The van der Waals surface area contributed by atoms with Crippen molar-refractivity contribution in [3.8, 4) is 5.75 Å². The minimum atomic E-state index is -0.108. The Labute approximate surface area is 234 Å². The maximum absolute atomic E-state index is 13.4. The Kier molecular flexibility index (Phi) is 12.4. The van der Waals surface area contributed by atoms with Gasteiger partial charge in [-0.2, -0.15) is 0 Å². The molecule has 1 aliphatic heterocycles. The van der Waals surface area contributed by atoms with Gasteiger partial charge in [0.1, 0.15) is 5.75 Å². The van der Waals surface area contributed by atoms with Gasteiger partial charge in [-0.05, 0) is 49.8 Å². The van der Waals surface area contributed by atoms with Crippen LogP contribution in [0.15, 0.2) is 42.5 Å². The van der Waals surface area contributed by atoms with Crippen LogP contribution in [0.5, 0.6) is 5.75 Å². The third-order valence-corrected chi connectivity index (χ3v) is 7.44. The summed E-state index contributed by atoms with van der Waals surface area (Å²) in [7, 11) is 1.70. The van der Waals surface area contributed by atoms with Crippen LogP contribution in [0, 0.1) is 0 Å². The Bertz CT molecular complexity index is 1050. The van der Waals surface area contributed by atoms with E-state index in [0.29, 0.717) is 24.2 Å². The van der Waals surface area contributed by atoms with Crippen molar-refractivity contribution >= 4 is 28.9 Å². The Morgan fingerprint density at radius 1 is 0.897 bits per heavy atom. The molecule has 8 heteroatoms. The number of benzene rings is 2. The lowest BCUT2D eigenvalue weighted by molar-refractivity contribution is -0.116. The summed E-state index contributed by atoms with van der Waals surface area (Å²) < 4.78 is 5.57. The van der Waals surface area contributed by atoms with Crippen LogP contribution >= 0.6 is 0 Å². The van der Waals surface area contributed by atoms with E-state index in [9.17, 15) is 9.59 Å². The summed E-state index contributed by atoms with van der Waals surface area (Å²) >= 11 is 0. The van der Waals surface area contributed by atoms with Crippen molar-refractivity contribution in [3.05, 3.63) is 48.0 Å². The summed E-state index contributed by atoms with van der Waals surface area (Å²) in [4.78, 5) is 32.8. The maximum Gasteiger partial charge on any atom is 0.253 e. The molecule has 1 aliphatic rings. The second kappa shape index (κ2) is 16.0. The molecule has 0 saturated carbocycles. The van der Waals surface area contributed by atoms with Crippen LogP contribution in [0.25, 0.3) is 0 Å². The number of carbonyl (C=O) groups is 2. The van der Waals surface area contributed by atoms with E-state index in [2.05, 4.69) is 52.2 Å². The number of nitrogens with one attached hydrogen (secondary N) is 2. The Morgan fingerprint density at radius 3 is 2.26 bits per heavy atom. The number of anilines is 3. The first-order valence-electron chi connectivity index (χ1n) is 14.6. The lowest BCUT2D eigenvalue weighted by atomic mass is 10.1. The zero-order valence-corrected chi connectivity index (χ0v) is 24.3. The van der Waals surface area contributed by atoms with E-state index < -0.39 is 0 Å². The topological polar surface area (TPSA) is 77.1 Å². The molecule has 0 atom stereocenters. The minimum Gasteiger partial charge on any atom is -0.495 e. The van der Waals surface area contributed by atoms with Crippen LogP contribution in [0.1, 0.15) is 63.2 Å². The molecule has 0 unspecified atom stereocenters. The average Bonchev–Trinajstić information content (AvgIpc) is 2.97. The smallest absolute Gasteiger partial charge is 0.253 e. The van der Waals surface area contributed by atoms with Gasteiger partial charge in [0.25, 0.3) is 5.91 Å². The van der Waals surface area contributed by atoms with E-state index in [1.54, 1.807) is 7.11 Å². The number of methoxy groups -OCH3 is 1. The minimum absolute atomic E-state index is 0.00262. The van der Waals surface area contributed by atoms with Gasteiger partial charge in [-0.1, -0.05) is 52.2 Å². The van der Waals surface area contributed by atoms with Crippen molar-refractivity contribution in [1.82, 2.24) is 10.2 Å². The van der Waals surface area contributed by atoms with Gasteiger partial charge in [0.15, 0.2) is 0 Å². The highest BCUT2D eigenvalue weighted by atomic mass is 16.5. The molecule has 1 fully saturated rings. The van der Waals surface area contributed by atoms with Gasteiger partial charge in [-0.3, -0.25) is 9.59 Å². The number of hydrogen-bond donors (Lipinski definition) is 2. The molecule has 8 nitrogen and oxygen atoms in total. The van der Waals surface area contributed by atoms with Gasteiger partial charge in [0.05, 0.1) is 18.4 Å². The highest BCUT2D eigenvalue weighted by Crippen LogP contribution is 2.31. The fourth-order valence-electron chi connectivity index (χ4n) is 5.05. The summed E-state index contributed by atoms with van der Waals surface area (Å²) in [5.41, 5.74) is 3.26. The predicted octanol–water partition coefficient (Wildman–Crippen LogP) is 5.00. The van der Waals surface area contributed by atoms with E-state index in [0.717, 1.165) is 88.6 Å². The third-order valence-electron chi connectivity index (χ3n) is 7.44. The second-order valence-electron chi connectivity index (χ2n) is 10.0. The summed E-state index contributed by atoms with van der Waals surface area (Å²) in [6.45, 7) is 12.9. The molecule has 0 radical (unpaired) electrons. The average molecular weight is 538 g/mol. The molecule has 1 heterocycles. The Morgan fingerprint density at radius 2 is 1.59 bits per heavy atom. The number of para-hydroxylation sites is 2. The zero-order chi connectivity index (χ0) is 28.0. The monoisotopic (exact) mass is 537 g/mol. The number of rotatable bonds is 15. The fourth-order valence-corrected chi connectivity index (χ4v) is 5.05. The highest BCUT2D eigenvalue weighted by molar-refractivity contribution is 6.02. The number of carbonyl (C=O) groups excluding carboxylic acids is 2. The van der Waals surface area contributed by atoms with E-state index in [1.807, 2.05) is 36.4 Å². The molecule has 0 spiro atoms. The zero-order valence-electron chi connectivity index (χ0n) is 24.3. The molecule has 2 aromatic rings.